The van der Waals surface area contributed by atoms with Gasteiger partial charge in [0.1, 0.15) is 11.3 Å². The third kappa shape index (κ3) is 2.81. The second-order valence-corrected chi connectivity index (χ2v) is 4.67. The summed E-state index contributed by atoms with van der Waals surface area (Å²) in [5.74, 6) is -0.314. The van der Waals surface area contributed by atoms with Gasteiger partial charge in [0, 0.05) is 6.42 Å². The molecule has 0 heterocycles. The van der Waals surface area contributed by atoms with E-state index in [1.807, 2.05) is 18.2 Å². The Morgan fingerprint density at radius 3 is 2.25 bits per heavy atom. The first-order valence-corrected chi connectivity index (χ1v) is 6.27. The number of methoxy groups -OCH3 is 1. The predicted molar refractivity (Wildman–Crippen MR) is 76.6 cm³/mol. The average Bonchev–Trinajstić information content (AvgIpc) is 2.48. The van der Waals surface area contributed by atoms with Gasteiger partial charge in [-0.05, 0) is 23.3 Å². The first-order valence-electron chi connectivity index (χ1n) is 6.27. The average molecular weight is 271 g/mol. The molecule has 0 amide bonds. The highest BCUT2D eigenvalue weighted by Gasteiger charge is 2.36. The van der Waals surface area contributed by atoms with Crippen LogP contribution in [-0.4, -0.2) is 18.2 Å². The Hall–Kier alpha value is -2.33. The quantitative estimate of drug-likeness (QED) is 0.874. The molecule has 0 aliphatic carbocycles. The molecule has 2 aromatic rings. The molecule has 0 fully saturated rings. The monoisotopic (exact) mass is 271 g/mol. The zero-order valence-electron chi connectivity index (χ0n) is 11.2. The van der Waals surface area contributed by atoms with Crippen molar-refractivity contribution >= 4 is 5.97 Å². The largest absolute Gasteiger partial charge is 0.497 e. The lowest BCUT2D eigenvalue weighted by molar-refractivity contribution is -0.143. The van der Waals surface area contributed by atoms with Gasteiger partial charge in [0.2, 0.25) is 0 Å². The van der Waals surface area contributed by atoms with Crippen molar-refractivity contribution in [1.29, 1.82) is 0 Å². The summed E-state index contributed by atoms with van der Waals surface area (Å²) in [6.45, 7) is 0. The highest BCUT2D eigenvalue weighted by molar-refractivity contribution is 5.81. The van der Waals surface area contributed by atoms with E-state index in [0.29, 0.717) is 5.56 Å². The molecule has 0 saturated carbocycles. The van der Waals surface area contributed by atoms with Crippen molar-refractivity contribution in [2.24, 2.45) is 5.73 Å². The summed E-state index contributed by atoms with van der Waals surface area (Å²) >= 11 is 0. The zero-order valence-corrected chi connectivity index (χ0v) is 11.2. The lowest BCUT2D eigenvalue weighted by Crippen LogP contribution is -2.46. The van der Waals surface area contributed by atoms with E-state index in [1.54, 1.807) is 43.5 Å². The second-order valence-electron chi connectivity index (χ2n) is 4.67. The van der Waals surface area contributed by atoms with Gasteiger partial charge in [-0.2, -0.15) is 0 Å². The van der Waals surface area contributed by atoms with Crippen molar-refractivity contribution in [3.8, 4) is 5.75 Å². The van der Waals surface area contributed by atoms with Crippen LogP contribution < -0.4 is 10.5 Å². The molecular weight excluding hydrogens is 254 g/mol. The first kappa shape index (κ1) is 14.1. The summed E-state index contributed by atoms with van der Waals surface area (Å²) in [6.07, 6.45) is 0.219. The normalized spacial score (nSPS) is 13.5. The molecule has 1 atom stereocenters. The van der Waals surface area contributed by atoms with Crippen LogP contribution in [0, 0.1) is 0 Å². The lowest BCUT2D eigenvalue weighted by atomic mass is 9.85. The van der Waals surface area contributed by atoms with Crippen LogP contribution >= 0.6 is 0 Å². The Balaban J connectivity index is 2.32. The number of carboxylic acids is 1. The van der Waals surface area contributed by atoms with E-state index in [0.717, 1.165) is 11.3 Å². The summed E-state index contributed by atoms with van der Waals surface area (Å²) in [5.41, 5.74) is 6.13. The van der Waals surface area contributed by atoms with Crippen LogP contribution in [0.3, 0.4) is 0 Å². The van der Waals surface area contributed by atoms with Crippen LogP contribution in [0.4, 0.5) is 0 Å². The molecule has 0 aliphatic heterocycles. The number of benzene rings is 2. The van der Waals surface area contributed by atoms with Gasteiger partial charge >= 0.3 is 5.97 Å². The number of carbonyl (C=O) groups is 1. The molecule has 2 rings (SSSR count). The van der Waals surface area contributed by atoms with Crippen molar-refractivity contribution in [2.75, 3.05) is 7.11 Å². The molecule has 2 aromatic carbocycles. The maximum Gasteiger partial charge on any atom is 0.328 e. The highest BCUT2D eigenvalue weighted by Crippen LogP contribution is 2.24. The number of nitrogens with two attached hydrogens (primary N) is 1. The van der Waals surface area contributed by atoms with Crippen molar-refractivity contribution < 1.29 is 14.6 Å². The Kier molecular flexibility index (Phi) is 4.05. The second kappa shape index (κ2) is 5.75. The molecule has 20 heavy (non-hydrogen) atoms. The molecule has 0 unspecified atom stereocenters. The van der Waals surface area contributed by atoms with Gasteiger partial charge in [0.25, 0.3) is 0 Å². The van der Waals surface area contributed by atoms with Gasteiger partial charge < -0.3 is 15.6 Å². The number of ether oxygens (including phenoxy) is 1. The molecule has 0 aromatic heterocycles. The third-order valence-electron chi connectivity index (χ3n) is 3.31. The standard InChI is InChI=1S/C16H17NO3/c1-20-14-9-7-12(8-10-14)11-16(17,15(18)19)13-5-3-2-4-6-13/h2-10H,11,17H2,1H3,(H,18,19)/t16-/m1/s1. The fourth-order valence-electron chi connectivity index (χ4n) is 2.10. The molecule has 4 nitrogen and oxygen atoms in total. The number of rotatable bonds is 5. The Morgan fingerprint density at radius 1 is 1.15 bits per heavy atom. The number of hydrogen-bond acceptors (Lipinski definition) is 3. The minimum Gasteiger partial charge on any atom is -0.497 e. The maximum absolute atomic E-state index is 11.6. The summed E-state index contributed by atoms with van der Waals surface area (Å²) in [5, 5.41) is 9.50. The molecule has 104 valence electrons. The van der Waals surface area contributed by atoms with E-state index in [2.05, 4.69) is 0 Å². The molecule has 0 saturated heterocycles. The number of aliphatic carboxylic acids is 1. The van der Waals surface area contributed by atoms with Crippen LogP contribution in [-0.2, 0) is 16.8 Å². The van der Waals surface area contributed by atoms with Gasteiger partial charge in [0.05, 0.1) is 7.11 Å². The smallest absolute Gasteiger partial charge is 0.328 e. The Morgan fingerprint density at radius 2 is 1.75 bits per heavy atom. The van der Waals surface area contributed by atoms with Crippen molar-refractivity contribution in [1.82, 2.24) is 0 Å². The first-order chi connectivity index (χ1) is 9.56. The fraction of sp³-hybridized carbons (Fsp3) is 0.188. The van der Waals surface area contributed by atoms with E-state index in [4.69, 9.17) is 10.5 Å². The van der Waals surface area contributed by atoms with E-state index < -0.39 is 11.5 Å². The minimum atomic E-state index is -1.43. The SMILES string of the molecule is COc1ccc(C[C@](N)(C(=O)O)c2ccccc2)cc1. The van der Waals surface area contributed by atoms with Gasteiger partial charge in [-0.15, -0.1) is 0 Å². The van der Waals surface area contributed by atoms with Crippen molar-refractivity contribution in [2.45, 2.75) is 12.0 Å². The summed E-state index contributed by atoms with van der Waals surface area (Å²) in [4.78, 5) is 11.6. The molecule has 0 spiro atoms. The molecule has 0 radical (unpaired) electrons. The molecule has 0 bridgehead atoms. The van der Waals surface area contributed by atoms with Crippen LogP contribution in [0.25, 0.3) is 0 Å². The van der Waals surface area contributed by atoms with Gasteiger partial charge in [-0.3, -0.25) is 0 Å². The minimum absolute atomic E-state index is 0.219. The molecular formula is C16H17NO3. The van der Waals surface area contributed by atoms with Crippen LogP contribution in [0.5, 0.6) is 5.75 Å². The van der Waals surface area contributed by atoms with E-state index in [-0.39, 0.29) is 6.42 Å². The molecule has 3 N–H and O–H groups in total. The Bertz CT molecular complexity index is 580. The predicted octanol–water partition coefficient (Wildman–Crippen LogP) is 2.18. The Labute approximate surface area is 117 Å². The van der Waals surface area contributed by atoms with E-state index in [1.165, 1.54) is 0 Å². The van der Waals surface area contributed by atoms with Crippen LogP contribution in [0.15, 0.2) is 54.6 Å². The summed E-state index contributed by atoms with van der Waals surface area (Å²) < 4.78 is 5.08. The zero-order chi connectivity index (χ0) is 14.6. The highest BCUT2D eigenvalue weighted by atomic mass is 16.5. The molecule has 0 aliphatic rings. The third-order valence-corrected chi connectivity index (χ3v) is 3.31. The number of hydrogen-bond donors (Lipinski definition) is 2. The van der Waals surface area contributed by atoms with Gasteiger partial charge in [-0.1, -0.05) is 42.5 Å². The lowest BCUT2D eigenvalue weighted by Gasteiger charge is -2.25. The summed E-state index contributed by atoms with van der Waals surface area (Å²) in [7, 11) is 1.59. The molecule has 4 heteroatoms. The van der Waals surface area contributed by atoms with Crippen molar-refractivity contribution in [3.05, 3.63) is 65.7 Å². The fourth-order valence-corrected chi connectivity index (χ4v) is 2.10. The maximum atomic E-state index is 11.6. The van der Waals surface area contributed by atoms with Gasteiger partial charge in [-0.25, -0.2) is 4.79 Å². The van der Waals surface area contributed by atoms with E-state index >= 15 is 0 Å². The van der Waals surface area contributed by atoms with Crippen molar-refractivity contribution in [3.63, 3.8) is 0 Å². The van der Waals surface area contributed by atoms with Crippen LogP contribution in [0.2, 0.25) is 0 Å². The van der Waals surface area contributed by atoms with E-state index in [9.17, 15) is 9.90 Å². The summed E-state index contributed by atoms with van der Waals surface area (Å²) in [6, 6.07) is 16.1. The van der Waals surface area contributed by atoms with Crippen LogP contribution in [0.1, 0.15) is 11.1 Å². The number of carboxylic acid groups (broad SMARTS) is 1. The van der Waals surface area contributed by atoms with Gasteiger partial charge in [0.15, 0.2) is 0 Å². The topological polar surface area (TPSA) is 72.5 Å².